The van der Waals surface area contributed by atoms with Gasteiger partial charge in [0.1, 0.15) is 0 Å². The molecule has 3 rings (SSSR count). The van der Waals surface area contributed by atoms with E-state index in [1.807, 2.05) is 12.1 Å². The van der Waals surface area contributed by atoms with Crippen molar-refractivity contribution in [1.82, 2.24) is 9.97 Å². The van der Waals surface area contributed by atoms with E-state index in [9.17, 15) is 9.59 Å². The highest BCUT2D eigenvalue weighted by Gasteiger charge is 2.22. The standard InChI is InChI=1S/C19H15Cl2N3O3/c1-10-7-14(13-5-3-4-6-16(13)23-10)19(26)27-11(2)18(25)24-17-15(21)8-12(20)9-22-17/h3-9,11H,1-2H3,(H,22,24,25)/t11-/m0/s1. The van der Waals surface area contributed by atoms with Crippen molar-refractivity contribution in [3.05, 3.63) is 63.9 Å². The first-order chi connectivity index (χ1) is 12.8. The van der Waals surface area contributed by atoms with Crippen molar-refractivity contribution < 1.29 is 14.3 Å². The highest BCUT2D eigenvalue weighted by molar-refractivity contribution is 6.36. The van der Waals surface area contributed by atoms with E-state index in [-0.39, 0.29) is 10.8 Å². The number of hydrogen-bond donors (Lipinski definition) is 1. The van der Waals surface area contributed by atoms with Crippen LogP contribution in [0.3, 0.4) is 0 Å². The number of para-hydroxylation sites is 1. The summed E-state index contributed by atoms with van der Waals surface area (Å²) in [5.74, 6) is -1.04. The summed E-state index contributed by atoms with van der Waals surface area (Å²) in [6, 6.07) is 10.3. The van der Waals surface area contributed by atoms with Crippen molar-refractivity contribution in [3.63, 3.8) is 0 Å². The Hall–Kier alpha value is -2.70. The Labute approximate surface area is 165 Å². The predicted octanol–water partition coefficient (Wildman–Crippen LogP) is 4.43. The molecule has 1 atom stereocenters. The number of rotatable bonds is 4. The molecule has 2 heterocycles. The van der Waals surface area contributed by atoms with Gasteiger partial charge >= 0.3 is 5.97 Å². The van der Waals surface area contributed by atoms with Crippen LogP contribution in [0.5, 0.6) is 0 Å². The van der Waals surface area contributed by atoms with Gasteiger partial charge in [0.2, 0.25) is 0 Å². The van der Waals surface area contributed by atoms with E-state index in [2.05, 4.69) is 15.3 Å². The first-order valence-corrected chi connectivity index (χ1v) is 8.80. The Bertz CT molecular complexity index is 1040. The van der Waals surface area contributed by atoms with Gasteiger partial charge in [-0.25, -0.2) is 9.78 Å². The first-order valence-electron chi connectivity index (χ1n) is 8.04. The molecule has 2 aromatic heterocycles. The SMILES string of the molecule is Cc1cc(C(=O)O[C@@H](C)C(=O)Nc2ncc(Cl)cc2Cl)c2ccccc2n1. The first kappa shape index (κ1) is 19.1. The number of ether oxygens (including phenoxy) is 1. The number of aryl methyl sites for hydroxylation is 1. The van der Waals surface area contributed by atoms with Crippen LogP contribution in [-0.4, -0.2) is 27.9 Å². The maximum absolute atomic E-state index is 12.6. The molecule has 1 aromatic carbocycles. The highest BCUT2D eigenvalue weighted by atomic mass is 35.5. The summed E-state index contributed by atoms with van der Waals surface area (Å²) in [7, 11) is 0. The lowest BCUT2D eigenvalue weighted by atomic mass is 10.1. The molecule has 0 unspecified atom stereocenters. The number of anilines is 1. The molecule has 6 nitrogen and oxygen atoms in total. The molecule has 0 bridgehead atoms. The fourth-order valence-corrected chi connectivity index (χ4v) is 2.91. The molecule has 0 fully saturated rings. The summed E-state index contributed by atoms with van der Waals surface area (Å²) >= 11 is 11.8. The van der Waals surface area contributed by atoms with Gasteiger partial charge in [-0.2, -0.15) is 0 Å². The third-order valence-electron chi connectivity index (χ3n) is 3.77. The molecule has 0 aliphatic rings. The monoisotopic (exact) mass is 403 g/mol. The molecule has 0 aliphatic carbocycles. The van der Waals surface area contributed by atoms with Crippen LogP contribution in [0.1, 0.15) is 23.0 Å². The van der Waals surface area contributed by atoms with Crippen LogP contribution in [0.4, 0.5) is 5.82 Å². The number of esters is 1. The van der Waals surface area contributed by atoms with Crippen LogP contribution in [0.25, 0.3) is 10.9 Å². The molecule has 0 aliphatic heterocycles. The number of amides is 1. The van der Waals surface area contributed by atoms with Crippen molar-refractivity contribution in [2.75, 3.05) is 5.32 Å². The fourth-order valence-electron chi connectivity index (χ4n) is 2.48. The summed E-state index contributed by atoms with van der Waals surface area (Å²) < 4.78 is 5.32. The average molecular weight is 404 g/mol. The Morgan fingerprint density at radius 1 is 1.19 bits per heavy atom. The maximum Gasteiger partial charge on any atom is 0.339 e. The van der Waals surface area contributed by atoms with E-state index in [1.54, 1.807) is 25.1 Å². The highest BCUT2D eigenvalue weighted by Crippen LogP contribution is 2.23. The van der Waals surface area contributed by atoms with Gasteiger partial charge in [0.25, 0.3) is 5.91 Å². The van der Waals surface area contributed by atoms with Crippen molar-refractivity contribution in [3.8, 4) is 0 Å². The normalized spacial score (nSPS) is 11.9. The van der Waals surface area contributed by atoms with Gasteiger partial charge < -0.3 is 10.1 Å². The quantitative estimate of drug-likeness (QED) is 0.651. The summed E-state index contributed by atoms with van der Waals surface area (Å²) in [5.41, 5.74) is 1.70. The lowest BCUT2D eigenvalue weighted by Crippen LogP contribution is -2.30. The molecule has 0 radical (unpaired) electrons. The Morgan fingerprint density at radius 2 is 1.93 bits per heavy atom. The zero-order valence-electron chi connectivity index (χ0n) is 14.5. The Balaban J connectivity index is 1.77. The number of nitrogens with one attached hydrogen (secondary N) is 1. The zero-order chi connectivity index (χ0) is 19.6. The van der Waals surface area contributed by atoms with E-state index in [1.165, 1.54) is 19.2 Å². The molecule has 0 saturated heterocycles. The van der Waals surface area contributed by atoms with Gasteiger partial charge in [-0.15, -0.1) is 0 Å². The molecular weight excluding hydrogens is 389 g/mol. The number of fused-ring (bicyclic) bond motifs is 1. The number of hydrogen-bond acceptors (Lipinski definition) is 5. The minimum Gasteiger partial charge on any atom is -0.449 e. The van der Waals surface area contributed by atoms with E-state index in [0.29, 0.717) is 27.2 Å². The lowest BCUT2D eigenvalue weighted by molar-refractivity contribution is -0.123. The number of aromatic nitrogens is 2. The lowest BCUT2D eigenvalue weighted by Gasteiger charge is -2.15. The van der Waals surface area contributed by atoms with Crippen molar-refractivity contribution in [2.24, 2.45) is 0 Å². The topological polar surface area (TPSA) is 81.2 Å². The van der Waals surface area contributed by atoms with Gasteiger partial charge in [-0.3, -0.25) is 9.78 Å². The van der Waals surface area contributed by atoms with Crippen LogP contribution >= 0.6 is 23.2 Å². The Kier molecular flexibility index (Phi) is 5.58. The van der Waals surface area contributed by atoms with Crippen LogP contribution in [0.15, 0.2) is 42.6 Å². The van der Waals surface area contributed by atoms with Crippen molar-refractivity contribution in [1.29, 1.82) is 0 Å². The summed E-state index contributed by atoms with van der Waals surface area (Å²) in [6.07, 6.45) is 0.296. The average Bonchev–Trinajstić information content (AvgIpc) is 2.63. The number of carbonyl (C=O) groups is 2. The second kappa shape index (κ2) is 7.90. The molecule has 0 saturated carbocycles. The molecular formula is C19H15Cl2N3O3. The second-order valence-electron chi connectivity index (χ2n) is 5.85. The minimum absolute atomic E-state index is 0.138. The van der Waals surface area contributed by atoms with Crippen molar-refractivity contribution in [2.45, 2.75) is 20.0 Å². The largest absolute Gasteiger partial charge is 0.449 e. The second-order valence-corrected chi connectivity index (χ2v) is 6.69. The molecule has 8 heteroatoms. The van der Waals surface area contributed by atoms with Crippen LogP contribution < -0.4 is 5.32 Å². The molecule has 3 aromatic rings. The molecule has 138 valence electrons. The minimum atomic E-state index is -1.06. The Morgan fingerprint density at radius 3 is 2.67 bits per heavy atom. The van der Waals surface area contributed by atoms with E-state index >= 15 is 0 Å². The number of nitrogens with zero attached hydrogens (tertiary/aromatic N) is 2. The van der Waals surface area contributed by atoms with E-state index in [4.69, 9.17) is 27.9 Å². The van der Waals surface area contributed by atoms with Gasteiger partial charge in [0.05, 0.1) is 21.1 Å². The molecule has 1 amide bonds. The third kappa shape index (κ3) is 4.35. The van der Waals surface area contributed by atoms with Gasteiger partial charge in [-0.05, 0) is 32.0 Å². The van der Waals surface area contributed by atoms with Gasteiger partial charge in [-0.1, -0.05) is 41.4 Å². The van der Waals surface area contributed by atoms with Gasteiger partial charge in [0.15, 0.2) is 11.9 Å². The number of halogens is 2. The van der Waals surface area contributed by atoms with Crippen LogP contribution in [0, 0.1) is 6.92 Å². The van der Waals surface area contributed by atoms with Gasteiger partial charge in [0, 0.05) is 17.3 Å². The third-order valence-corrected chi connectivity index (χ3v) is 4.26. The maximum atomic E-state index is 12.6. The summed E-state index contributed by atoms with van der Waals surface area (Å²) in [5, 5.41) is 3.70. The van der Waals surface area contributed by atoms with E-state index < -0.39 is 18.0 Å². The van der Waals surface area contributed by atoms with Crippen LogP contribution in [0.2, 0.25) is 10.0 Å². The molecule has 1 N–H and O–H groups in total. The predicted molar refractivity (Wildman–Crippen MR) is 104 cm³/mol. The smallest absolute Gasteiger partial charge is 0.339 e. The number of carbonyl (C=O) groups excluding carboxylic acids is 2. The summed E-state index contributed by atoms with van der Waals surface area (Å²) in [6.45, 7) is 3.25. The number of pyridine rings is 2. The van der Waals surface area contributed by atoms with Crippen LogP contribution in [-0.2, 0) is 9.53 Å². The van der Waals surface area contributed by atoms with Crippen molar-refractivity contribution >= 4 is 51.8 Å². The molecule has 27 heavy (non-hydrogen) atoms. The zero-order valence-corrected chi connectivity index (χ0v) is 16.0. The summed E-state index contributed by atoms with van der Waals surface area (Å²) in [4.78, 5) is 33.2. The number of benzene rings is 1. The van der Waals surface area contributed by atoms with E-state index in [0.717, 1.165) is 0 Å². The fraction of sp³-hybridized carbons (Fsp3) is 0.158. The molecule has 0 spiro atoms.